The quantitative estimate of drug-likeness (QED) is 0.873. The Labute approximate surface area is 123 Å². The summed E-state index contributed by atoms with van der Waals surface area (Å²) < 4.78 is 4.91. The molecule has 0 radical (unpaired) electrons. The van der Waals surface area contributed by atoms with Gasteiger partial charge in [0.15, 0.2) is 0 Å². The van der Waals surface area contributed by atoms with Crippen LogP contribution in [0.1, 0.15) is 42.1 Å². The summed E-state index contributed by atoms with van der Waals surface area (Å²) in [5, 5.41) is 10.8. The molecule has 2 aromatic rings. The monoisotopic (exact) mass is 283 g/mol. The minimum atomic E-state index is -0.549. The molecule has 0 saturated carbocycles. The van der Waals surface area contributed by atoms with Crippen molar-refractivity contribution in [2.45, 2.75) is 26.2 Å². The number of ether oxygens (including phenoxy) is 1. The van der Waals surface area contributed by atoms with E-state index in [0.717, 1.165) is 23.8 Å². The molecule has 0 unspecified atom stereocenters. The van der Waals surface area contributed by atoms with Gasteiger partial charge in [0, 0.05) is 5.39 Å². The SMILES string of the molecule is CCOC(=O)c1cc2ccc(C3=CCCC3)cc2nc1O. The van der Waals surface area contributed by atoms with E-state index in [1.807, 2.05) is 18.2 Å². The van der Waals surface area contributed by atoms with Gasteiger partial charge >= 0.3 is 5.97 Å². The molecule has 21 heavy (non-hydrogen) atoms. The van der Waals surface area contributed by atoms with Crippen molar-refractivity contribution in [3.05, 3.63) is 41.5 Å². The highest BCUT2D eigenvalue weighted by Gasteiger charge is 2.16. The molecule has 108 valence electrons. The predicted molar refractivity (Wildman–Crippen MR) is 81.2 cm³/mol. The second kappa shape index (κ2) is 5.56. The number of benzene rings is 1. The molecule has 3 rings (SSSR count). The number of carbonyl (C=O) groups excluding carboxylic acids is 1. The van der Waals surface area contributed by atoms with Gasteiger partial charge in [-0.25, -0.2) is 9.78 Å². The Morgan fingerprint density at radius 3 is 2.95 bits per heavy atom. The van der Waals surface area contributed by atoms with Crippen LogP contribution in [0.4, 0.5) is 0 Å². The predicted octanol–water partition coefficient (Wildman–Crippen LogP) is 3.68. The molecule has 1 N–H and O–H groups in total. The molecule has 0 bridgehead atoms. The minimum absolute atomic E-state index is 0.109. The van der Waals surface area contributed by atoms with E-state index in [4.69, 9.17) is 4.74 Å². The number of aromatic nitrogens is 1. The largest absolute Gasteiger partial charge is 0.493 e. The van der Waals surface area contributed by atoms with Gasteiger partial charge in [-0.2, -0.15) is 0 Å². The summed E-state index contributed by atoms with van der Waals surface area (Å²) in [7, 11) is 0. The van der Waals surface area contributed by atoms with Crippen molar-refractivity contribution in [2.75, 3.05) is 6.61 Å². The lowest BCUT2D eigenvalue weighted by Gasteiger charge is -2.08. The van der Waals surface area contributed by atoms with Gasteiger partial charge < -0.3 is 9.84 Å². The third-order valence-corrected chi connectivity index (χ3v) is 3.70. The Kier molecular flexibility index (Phi) is 3.60. The summed E-state index contributed by atoms with van der Waals surface area (Å²) in [6.45, 7) is 1.99. The van der Waals surface area contributed by atoms with Gasteiger partial charge in [0.1, 0.15) is 5.56 Å². The number of hydrogen-bond donors (Lipinski definition) is 1. The van der Waals surface area contributed by atoms with E-state index >= 15 is 0 Å². The third kappa shape index (κ3) is 2.61. The third-order valence-electron chi connectivity index (χ3n) is 3.70. The van der Waals surface area contributed by atoms with Crippen LogP contribution >= 0.6 is 0 Å². The number of fused-ring (bicyclic) bond motifs is 1. The first-order valence-electron chi connectivity index (χ1n) is 7.19. The first kappa shape index (κ1) is 13.6. The number of hydrogen-bond acceptors (Lipinski definition) is 4. The van der Waals surface area contributed by atoms with Crippen LogP contribution < -0.4 is 0 Å². The van der Waals surface area contributed by atoms with Crippen LogP contribution in [0.2, 0.25) is 0 Å². The van der Waals surface area contributed by atoms with Crippen molar-refractivity contribution < 1.29 is 14.6 Å². The Hall–Kier alpha value is -2.36. The fourth-order valence-corrected chi connectivity index (χ4v) is 2.65. The van der Waals surface area contributed by atoms with Crippen LogP contribution in [0.5, 0.6) is 5.88 Å². The number of aromatic hydroxyl groups is 1. The van der Waals surface area contributed by atoms with Gasteiger partial charge in [-0.3, -0.25) is 0 Å². The van der Waals surface area contributed by atoms with Gasteiger partial charge in [0.2, 0.25) is 5.88 Å². The summed E-state index contributed by atoms with van der Waals surface area (Å²) in [6, 6.07) is 7.55. The zero-order valence-electron chi connectivity index (χ0n) is 11.9. The number of esters is 1. The van der Waals surface area contributed by atoms with Crippen molar-refractivity contribution in [1.82, 2.24) is 4.98 Å². The van der Waals surface area contributed by atoms with Crippen LogP contribution in [0.3, 0.4) is 0 Å². The summed E-state index contributed by atoms with van der Waals surface area (Å²) in [5.41, 5.74) is 3.26. The van der Waals surface area contributed by atoms with Crippen molar-refractivity contribution in [1.29, 1.82) is 0 Å². The maximum Gasteiger partial charge on any atom is 0.343 e. The number of rotatable bonds is 3. The van der Waals surface area contributed by atoms with Crippen molar-refractivity contribution >= 4 is 22.4 Å². The maximum absolute atomic E-state index is 11.8. The molecule has 1 heterocycles. The van der Waals surface area contributed by atoms with Crippen LogP contribution in [-0.4, -0.2) is 22.7 Å². The molecule has 0 saturated heterocycles. The summed E-state index contributed by atoms with van der Waals surface area (Å²) >= 11 is 0. The van der Waals surface area contributed by atoms with Crippen LogP contribution in [0.15, 0.2) is 30.3 Å². The molecule has 0 spiro atoms. The normalized spacial score (nSPS) is 14.2. The molecule has 0 fully saturated rings. The summed E-state index contributed by atoms with van der Waals surface area (Å²) in [6.07, 6.45) is 5.63. The number of allylic oxidation sites excluding steroid dienone is 2. The smallest absolute Gasteiger partial charge is 0.343 e. The minimum Gasteiger partial charge on any atom is -0.493 e. The lowest BCUT2D eigenvalue weighted by Crippen LogP contribution is -2.05. The first-order chi connectivity index (χ1) is 10.2. The lowest BCUT2D eigenvalue weighted by atomic mass is 10.0. The maximum atomic E-state index is 11.8. The fraction of sp³-hybridized carbons (Fsp3) is 0.294. The van der Waals surface area contributed by atoms with Crippen molar-refractivity contribution in [2.24, 2.45) is 0 Å². The van der Waals surface area contributed by atoms with E-state index in [1.165, 1.54) is 12.0 Å². The molecule has 1 aliphatic carbocycles. The van der Waals surface area contributed by atoms with E-state index in [0.29, 0.717) is 5.52 Å². The second-order valence-electron chi connectivity index (χ2n) is 5.11. The standard InChI is InChI=1S/C17H17NO3/c1-2-21-17(20)14-9-13-8-7-12(11-5-3-4-6-11)10-15(13)18-16(14)19/h5,7-10H,2-4,6H2,1H3,(H,18,19). The Bertz CT molecular complexity index is 734. The molecule has 0 aliphatic heterocycles. The van der Waals surface area contributed by atoms with Crippen molar-refractivity contribution in [3.63, 3.8) is 0 Å². The Morgan fingerprint density at radius 1 is 1.38 bits per heavy atom. The average Bonchev–Trinajstić information content (AvgIpc) is 3.00. The summed E-state index contributed by atoms with van der Waals surface area (Å²) in [4.78, 5) is 15.9. The average molecular weight is 283 g/mol. The van der Waals surface area contributed by atoms with Crippen LogP contribution in [0.25, 0.3) is 16.5 Å². The van der Waals surface area contributed by atoms with E-state index in [1.54, 1.807) is 13.0 Å². The number of carbonyl (C=O) groups is 1. The van der Waals surface area contributed by atoms with Gasteiger partial charge in [-0.15, -0.1) is 0 Å². The highest BCUT2D eigenvalue weighted by Crippen LogP contribution is 2.30. The van der Waals surface area contributed by atoms with Crippen LogP contribution in [0, 0.1) is 0 Å². The molecule has 1 aromatic heterocycles. The zero-order chi connectivity index (χ0) is 14.8. The highest BCUT2D eigenvalue weighted by atomic mass is 16.5. The molecule has 1 aromatic carbocycles. The molecular formula is C17H17NO3. The van der Waals surface area contributed by atoms with E-state index in [9.17, 15) is 9.90 Å². The van der Waals surface area contributed by atoms with Crippen LogP contribution in [-0.2, 0) is 4.74 Å². The van der Waals surface area contributed by atoms with E-state index in [2.05, 4.69) is 11.1 Å². The lowest BCUT2D eigenvalue weighted by molar-refractivity contribution is 0.0522. The van der Waals surface area contributed by atoms with Crippen molar-refractivity contribution in [3.8, 4) is 5.88 Å². The number of pyridine rings is 1. The molecule has 0 atom stereocenters. The second-order valence-corrected chi connectivity index (χ2v) is 5.11. The van der Waals surface area contributed by atoms with E-state index in [-0.39, 0.29) is 18.1 Å². The molecule has 4 heteroatoms. The van der Waals surface area contributed by atoms with Gasteiger partial charge in [0.05, 0.1) is 12.1 Å². The number of nitrogens with zero attached hydrogens (tertiary/aromatic N) is 1. The Morgan fingerprint density at radius 2 is 2.24 bits per heavy atom. The molecule has 4 nitrogen and oxygen atoms in total. The fourth-order valence-electron chi connectivity index (χ4n) is 2.65. The Balaban J connectivity index is 2.04. The van der Waals surface area contributed by atoms with E-state index < -0.39 is 5.97 Å². The highest BCUT2D eigenvalue weighted by molar-refractivity contribution is 5.96. The molecule has 1 aliphatic rings. The topological polar surface area (TPSA) is 59.4 Å². The molecular weight excluding hydrogens is 266 g/mol. The summed E-state index contributed by atoms with van der Waals surface area (Å²) in [5.74, 6) is -0.828. The van der Waals surface area contributed by atoms with Gasteiger partial charge in [0.25, 0.3) is 0 Å². The van der Waals surface area contributed by atoms with Gasteiger partial charge in [-0.05, 0) is 49.5 Å². The molecule has 0 amide bonds. The zero-order valence-corrected chi connectivity index (χ0v) is 11.9. The first-order valence-corrected chi connectivity index (χ1v) is 7.19. The van der Waals surface area contributed by atoms with Gasteiger partial charge in [-0.1, -0.05) is 18.2 Å².